The molecule has 0 fully saturated rings. The van der Waals surface area contributed by atoms with Gasteiger partial charge >= 0.3 is 0 Å². The fraction of sp³-hybridized carbons (Fsp3) is 0.200. The van der Waals surface area contributed by atoms with E-state index in [1.54, 1.807) is 18.2 Å². The van der Waals surface area contributed by atoms with Gasteiger partial charge in [-0.3, -0.25) is 9.59 Å². The second-order valence-electron chi connectivity index (χ2n) is 6.00. The highest BCUT2D eigenvalue weighted by Crippen LogP contribution is 2.14. The summed E-state index contributed by atoms with van der Waals surface area (Å²) in [6, 6.07) is 14.9. The summed E-state index contributed by atoms with van der Waals surface area (Å²) in [4.78, 5) is 28.1. The summed E-state index contributed by atoms with van der Waals surface area (Å²) in [5.41, 5.74) is 2.45. The standard InChI is InChI=1S/C20H20ClN3O2/c1-2-22-11-14-7-9-15(10-8-14)13-24(21)20(26)17-12-23-18-6-4-3-5-16(18)19(17)25/h3-10,12,22H,2,11,13H2,1H3,(H,23,25). The number of H-pyrrole nitrogens is 1. The minimum atomic E-state index is -0.518. The molecule has 0 aliphatic carbocycles. The van der Waals surface area contributed by atoms with Gasteiger partial charge < -0.3 is 10.3 Å². The Morgan fingerprint density at radius 3 is 2.54 bits per heavy atom. The van der Waals surface area contributed by atoms with E-state index in [1.165, 1.54) is 6.20 Å². The lowest BCUT2D eigenvalue weighted by Gasteiger charge is -2.14. The van der Waals surface area contributed by atoms with Gasteiger partial charge in [-0.15, -0.1) is 0 Å². The van der Waals surface area contributed by atoms with E-state index in [0.717, 1.165) is 28.6 Å². The van der Waals surface area contributed by atoms with Crippen LogP contribution >= 0.6 is 11.8 Å². The van der Waals surface area contributed by atoms with Gasteiger partial charge in [-0.25, -0.2) is 4.42 Å². The van der Waals surface area contributed by atoms with Gasteiger partial charge in [0.2, 0.25) is 5.43 Å². The maximum absolute atomic E-state index is 12.6. The predicted octanol–water partition coefficient (Wildman–Crippen LogP) is 3.43. The number of fused-ring (bicyclic) bond motifs is 1. The van der Waals surface area contributed by atoms with Gasteiger partial charge in [0.25, 0.3) is 5.91 Å². The van der Waals surface area contributed by atoms with Gasteiger partial charge in [0.15, 0.2) is 0 Å². The third-order valence-electron chi connectivity index (χ3n) is 4.16. The first-order valence-corrected chi connectivity index (χ1v) is 8.80. The summed E-state index contributed by atoms with van der Waals surface area (Å²) >= 11 is 6.17. The molecule has 0 radical (unpaired) electrons. The third kappa shape index (κ3) is 3.95. The van der Waals surface area contributed by atoms with E-state index >= 15 is 0 Å². The molecule has 134 valence electrons. The molecule has 3 rings (SSSR count). The van der Waals surface area contributed by atoms with Gasteiger partial charge in [-0.05, 0) is 29.8 Å². The number of para-hydroxylation sites is 1. The van der Waals surface area contributed by atoms with Gasteiger partial charge in [0.1, 0.15) is 5.56 Å². The molecule has 0 aliphatic rings. The Kier molecular flexibility index (Phi) is 5.71. The van der Waals surface area contributed by atoms with Crippen LogP contribution in [0.5, 0.6) is 0 Å². The van der Waals surface area contributed by atoms with Crippen molar-refractivity contribution < 1.29 is 4.79 Å². The molecule has 3 aromatic rings. The highest BCUT2D eigenvalue weighted by molar-refractivity contribution is 6.24. The first kappa shape index (κ1) is 18.2. The number of carbonyl (C=O) groups is 1. The zero-order chi connectivity index (χ0) is 18.5. The maximum Gasteiger partial charge on any atom is 0.274 e. The van der Waals surface area contributed by atoms with E-state index < -0.39 is 5.91 Å². The normalized spacial score (nSPS) is 10.8. The van der Waals surface area contributed by atoms with Crippen molar-refractivity contribution in [2.24, 2.45) is 0 Å². The number of rotatable bonds is 6. The van der Waals surface area contributed by atoms with Gasteiger partial charge in [0.05, 0.1) is 6.54 Å². The summed E-state index contributed by atoms with van der Waals surface area (Å²) in [7, 11) is 0. The molecule has 5 nitrogen and oxygen atoms in total. The SMILES string of the molecule is CCNCc1ccc(CN(Cl)C(=O)c2c[nH]c3ccccc3c2=O)cc1. The molecule has 0 unspecified atom stereocenters. The Morgan fingerprint density at radius 2 is 1.81 bits per heavy atom. The molecule has 1 heterocycles. The van der Waals surface area contributed by atoms with E-state index in [-0.39, 0.29) is 17.5 Å². The van der Waals surface area contributed by atoms with Crippen molar-refractivity contribution in [3.8, 4) is 0 Å². The van der Waals surface area contributed by atoms with Crippen molar-refractivity contribution in [3.63, 3.8) is 0 Å². The molecule has 2 N–H and O–H groups in total. The minimum Gasteiger partial charge on any atom is -0.360 e. The fourth-order valence-electron chi connectivity index (χ4n) is 2.72. The number of hydrogen-bond acceptors (Lipinski definition) is 3. The van der Waals surface area contributed by atoms with Crippen LogP contribution in [0.2, 0.25) is 0 Å². The summed E-state index contributed by atoms with van der Waals surface area (Å²) in [6.07, 6.45) is 1.42. The van der Waals surface area contributed by atoms with Gasteiger partial charge in [-0.1, -0.05) is 43.3 Å². The molecule has 1 amide bonds. The molecule has 1 aromatic heterocycles. The highest BCUT2D eigenvalue weighted by Gasteiger charge is 2.19. The first-order chi connectivity index (χ1) is 12.6. The zero-order valence-corrected chi connectivity index (χ0v) is 15.2. The molecule has 0 saturated heterocycles. The second-order valence-corrected chi connectivity index (χ2v) is 6.41. The smallest absolute Gasteiger partial charge is 0.274 e. The Labute approximate surface area is 156 Å². The Bertz CT molecular complexity index is 967. The van der Waals surface area contributed by atoms with Crippen molar-refractivity contribution in [2.45, 2.75) is 20.0 Å². The van der Waals surface area contributed by atoms with E-state index in [4.69, 9.17) is 11.8 Å². The van der Waals surface area contributed by atoms with Gasteiger partial charge in [-0.2, -0.15) is 0 Å². The van der Waals surface area contributed by atoms with Gasteiger partial charge in [0, 0.05) is 35.4 Å². The quantitative estimate of drug-likeness (QED) is 0.654. The number of benzene rings is 2. The number of halogens is 1. The lowest BCUT2D eigenvalue weighted by atomic mass is 10.1. The largest absolute Gasteiger partial charge is 0.360 e. The van der Waals surface area contributed by atoms with Crippen LogP contribution in [0.25, 0.3) is 10.9 Å². The molecular weight excluding hydrogens is 350 g/mol. The number of amides is 1. The number of nitrogens with zero attached hydrogens (tertiary/aromatic N) is 1. The molecule has 6 heteroatoms. The molecule has 0 saturated carbocycles. The number of aromatic amines is 1. The molecule has 0 spiro atoms. The van der Waals surface area contributed by atoms with Crippen LogP contribution in [-0.4, -0.2) is 21.9 Å². The zero-order valence-electron chi connectivity index (χ0n) is 14.5. The van der Waals surface area contributed by atoms with Crippen LogP contribution in [0.1, 0.15) is 28.4 Å². The number of hydrogen-bond donors (Lipinski definition) is 2. The summed E-state index contributed by atoms with van der Waals surface area (Å²) in [5, 5.41) is 3.73. The highest BCUT2D eigenvalue weighted by atomic mass is 35.5. The van der Waals surface area contributed by atoms with E-state index in [0.29, 0.717) is 10.9 Å². The lowest BCUT2D eigenvalue weighted by Crippen LogP contribution is -2.27. The van der Waals surface area contributed by atoms with Crippen molar-refractivity contribution >= 4 is 28.6 Å². The Balaban J connectivity index is 1.76. The van der Waals surface area contributed by atoms with E-state index in [2.05, 4.69) is 17.2 Å². The number of pyridine rings is 1. The van der Waals surface area contributed by atoms with Crippen LogP contribution in [0, 0.1) is 0 Å². The number of aromatic nitrogens is 1. The van der Waals surface area contributed by atoms with Crippen molar-refractivity contribution in [2.75, 3.05) is 6.54 Å². The average molecular weight is 370 g/mol. The van der Waals surface area contributed by atoms with Crippen molar-refractivity contribution in [3.05, 3.63) is 81.6 Å². The summed E-state index contributed by atoms with van der Waals surface area (Å²) in [6.45, 7) is 3.98. The predicted molar refractivity (Wildman–Crippen MR) is 104 cm³/mol. The molecule has 0 bridgehead atoms. The van der Waals surface area contributed by atoms with Crippen molar-refractivity contribution in [1.29, 1.82) is 0 Å². The Hall–Kier alpha value is -2.63. The monoisotopic (exact) mass is 369 g/mol. The maximum atomic E-state index is 12.6. The lowest BCUT2D eigenvalue weighted by molar-refractivity contribution is 0.0856. The van der Waals surface area contributed by atoms with Crippen LogP contribution < -0.4 is 10.7 Å². The minimum absolute atomic E-state index is 0.0301. The summed E-state index contributed by atoms with van der Waals surface area (Å²) in [5.74, 6) is -0.518. The second kappa shape index (κ2) is 8.17. The van der Waals surface area contributed by atoms with Crippen molar-refractivity contribution in [1.82, 2.24) is 14.7 Å². The first-order valence-electron chi connectivity index (χ1n) is 8.46. The van der Waals surface area contributed by atoms with Crippen LogP contribution in [0.4, 0.5) is 0 Å². The third-order valence-corrected chi connectivity index (χ3v) is 4.44. The molecule has 0 aliphatic heterocycles. The Morgan fingerprint density at radius 1 is 1.12 bits per heavy atom. The van der Waals surface area contributed by atoms with E-state index in [9.17, 15) is 9.59 Å². The summed E-state index contributed by atoms with van der Waals surface area (Å²) < 4.78 is 1.04. The fourth-order valence-corrected chi connectivity index (χ4v) is 2.95. The average Bonchev–Trinajstić information content (AvgIpc) is 2.67. The molecule has 2 aromatic carbocycles. The van der Waals surface area contributed by atoms with Crippen LogP contribution in [0.15, 0.2) is 59.5 Å². The topological polar surface area (TPSA) is 65.2 Å². The molecule has 26 heavy (non-hydrogen) atoms. The number of carbonyl (C=O) groups excluding carboxylic acids is 1. The molecule has 0 atom stereocenters. The number of nitrogens with one attached hydrogen (secondary N) is 2. The van der Waals surface area contributed by atoms with Crippen LogP contribution in [-0.2, 0) is 13.1 Å². The van der Waals surface area contributed by atoms with E-state index in [1.807, 2.05) is 30.3 Å². The van der Waals surface area contributed by atoms with Crippen LogP contribution in [0.3, 0.4) is 0 Å². The molecular formula is C20H20ClN3O2.